The summed E-state index contributed by atoms with van der Waals surface area (Å²) in [7, 11) is 1.09. The number of hydrogen-bond acceptors (Lipinski definition) is 7. The molecule has 2 aliphatic rings. The second-order valence-electron chi connectivity index (χ2n) is 10.5. The number of methoxy groups -OCH3 is 1. The van der Waals surface area contributed by atoms with Gasteiger partial charge in [0.1, 0.15) is 29.8 Å². The number of esters is 2. The molecule has 4 atom stereocenters. The summed E-state index contributed by atoms with van der Waals surface area (Å²) in [6.07, 6.45) is 6.65. The predicted octanol–water partition coefficient (Wildman–Crippen LogP) is 2.34. The minimum absolute atomic E-state index is 0.0994. The first kappa shape index (κ1) is 31.7. The number of rotatable bonds is 11. The zero-order valence-corrected chi connectivity index (χ0v) is 23.5. The molecule has 2 fully saturated rings. The minimum Gasteiger partial charge on any atom is -0.467 e. The van der Waals surface area contributed by atoms with Gasteiger partial charge in [-0.25, -0.2) is 18.4 Å². The largest absolute Gasteiger partial charge is 0.467 e. The smallest absolute Gasteiger partial charge is 0.332 e. The third-order valence-electron chi connectivity index (χ3n) is 7.37. The Labute approximate surface area is 237 Å². The van der Waals surface area contributed by atoms with E-state index in [9.17, 15) is 32.8 Å². The second-order valence-corrected chi connectivity index (χ2v) is 10.5. The summed E-state index contributed by atoms with van der Waals surface area (Å²) in [5.74, 6) is -4.85. The summed E-state index contributed by atoms with van der Waals surface area (Å²) in [6, 6.07) is -0.868. The van der Waals surface area contributed by atoms with Gasteiger partial charge in [-0.1, -0.05) is 18.9 Å². The van der Waals surface area contributed by atoms with Crippen molar-refractivity contribution in [2.24, 2.45) is 5.92 Å². The van der Waals surface area contributed by atoms with Gasteiger partial charge in [0.25, 0.3) is 0 Å². The number of allylic oxidation sites excluding steroid dienone is 1. The van der Waals surface area contributed by atoms with Crippen LogP contribution in [0, 0.1) is 17.6 Å². The van der Waals surface area contributed by atoms with Crippen LogP contribution in [0.15, 0.2) is 30.4 Å². The Bertz CT molecular complexity index is 1150. The van der Waals surface area contributed by atoms with E-state index in [1.807, 2.05) is 0 Å². The van der Waals surface area contributed by atoms with Crippen LogP contribution in [0.4, 0.5) is 8.78 Å². The van der Waals surface area contributed by atoms with Crippen LogP contribution in [0.1, 0.15) is 57.9 Å². The van der Waals surface area contributed by atoms with Crippen molar-refractivity contribution in [1.29, 1.82) is 0 Å². The maximum atomic E-state index is 13.9. The molecule has 3 amide bonds. The fourth-order valence-electron chi connectivity index (χ4n) is 5.23. The molecule has 1 saturated heterocycles. The molecule has 10 nitrogen and oxygen atoms in total. The Hall–Kier alpha value is -3.83. The van der Waals surface area contributed by atoms with Crippen molar-refractivity contribution in [1.82, 2.24) is 15.5 Å². The summed E-state index contributed by atoms with van der Waals surface area (Å²) < 4.78 is 38.0. The Morgan fingerprint density at radius 3 is 2.29 bits per heavy atom. The SMILES string of the molecule is COC(=O)[C@@H](NC(=O)[C@H](Cc1cc(F)cc(F)c1)NC(=O)/C=C/C1CCCC1)[C@H](C)OC(=O)C1CCCN1C(C)=O. The number of carbonyl (C=O) groups excluding carboxylic acids is 5. The third-order valence-corrected chi connectivity index (χ3v) is 7.37. The first-order valence-corrected chi connectivity index (χ1v) is 13.8. The van der Waals surface area contributed by atoms with Crippen molar-refractivity contribution in [3.05, 3.63) is 47.5 Å². The Kier molecular flexibility index (Phi) is 11.4. The van der Waals surface area contributed by atoms with Gasteiger partial charge in [0, 0.05) is 26.0 Å². The molecule has 1 heterocycles. The fourth-order valence-corrected chi connectivity index (χ4v) is 5.23. The first-order chi connectivity index (χ1) is 19.5. The molecule has 0 spiro atoms. The highest BCUT2D eigenvalue weighted by Crippen LogP contribution is 2.25. The van der Waals surface area contributed by atoms with E-state index in [0.717, 1.165) is 44.9 Å². The van der Waals surface area contributed by atoms with Crippen LogP contribution in [0.3, 0.4) is 0 Å². The standard InChI is InChI=1S/C29H37F2N3O7/c1-17(41-28(38)24-9-6-12-34(24)18(2)35)26(29(39)40-3)33-27(37)23(15-20-13-21(30)16-22(31)14-20)32-25(36)11-10-19-7-4-5-8-19/h10-11,13-14,16-17,19,23-24,26H,4-9,12,15H2,1-3H3,(H,32,36)(H,33,37)/b11-10+/t17-,23-,24?,26-/m0/s1. The highest BCUT2D eigenvalue weighted by atomic mass is 19.1. The van der Waals surface area contributed by atoms with Crippen molar-refractivity contribution >= 4 is 29.7 Å². The summed E-state index contributed by atoms with van der Waals surface area (Å²) in [5.41, 5.74) is 0.0994. The van der Waals surface area contributed by atoms with E-state index in [4.69, 9.17) is 9.47 Å². The molecule has 224 valence electrons. The van der Waals surface area contributed by atoms with Crippen molar-refractivity contribution in [3.63, 3.8) is 0 Å². The number of amides is 3. The summed E-state index contributed by atoms with van der Waals surface area (Å²) in [5, 5.41) is 5.00. The van der Waals surface area contributed by atoms with Gasteiger partial charge in [0.2, 0.25) is 17.7 Å². The molecule has 2 N–H and O–H groups in total. The molecule has 1 unspecified atom stereocenters. The molecule has 12 heteroatoms. The fraction of sp³-hybridized carbons (Fsp3) is 0.552. The molecule has 0 radical (unpaired) electrons. The van der Waals surface area contributed by atoms with Crippen LogP contribution in [0.25, 0.3) is 0 Å². The van der Waals surface area contributed by atoms with Gasteiger partial charge in [-0.15, -0.1) is 0 Å². The Morgan fingerprint density at radius 1 is 1.02 bits per heavy atom. The van der Waals surface area contributed by atoms with Crippen molar-refractivity contribution < 1.29 is 42.2 Å². The summed E-state index contributed by atoms with van der Waals surface area (Å²) >= 11 is 0. The first-order valence-electron chi connectivity index (χ1n) is 13.8. The van der Waals surface area contributed by atoms with Gasteiger partial charge in [-0.3, -0.25) is 14.4 Å². The number of ether oxygens (including phenoxy) is 2. The Morgan fingerprint density at radius 2 is 1.68 bits per heavy atom. The lowest BCUT2D eigenvalue weighted by Gasteiger charge is -2.28. The average molecular weight is 578 g/mol. The molecule has 0 bridgehead atoms. The van der Waals surface area contributed by atoms with E-state index in [2.05, 4.69) is 10.6 Å². The molecule has 1 aromatic rings. The second kappa shape index (κ2) is 14.7. The van der Waals surface area contributed by atoms with Gasteiger partial charge < -0.3 is 25.0 Å². The van der Waals surface area contributed by atoms with Gasteiger partial charge in [0.15, 0.2) is 6.04 Å². The number of nitrogens with one attached hydrogen (secondary N) is 2. The lowest BCUT2D eigenvalue weighted by molar-refractivity contribution is -0.163. The van der Waals surface area contributed by atoms with E-state index >= 15 is 0 Å². The molecule has 1 aliphatic carbocycles. The maximum absolute atomic E-state index is 13.9. The van der Waals surface area contributed by atoms with Crippen LogP contribution in [-0.2, 0) is 39.9 Å². The van der Waals surface area contributed by atoms with E-state index in [-0.39, 0.29) is 23.8 Å². The molecular weight excluding hydrogens is 540 g/mol. The van der Waals surface area contributed by atoms with Gasteiger partial charge >= 0.3 is 11.9 Å². The van der Waals surface area contributed by atoms with Gasteiger partial charge in [-0.2, -0.15) is 0 Å². The molecule has 41 heavy (non-hydrogen) atoms. The van der Waals surface area contributed by atoms with E-state index < -0.39 is 59.6 Å². The average Bonchev–Trinajstić information content (AvgIpc) is 3.61. The van der Waals surface area contributed by atoms with Gasteiger partial charge in [0.05, 0.1) is 7.11 Å². The minimum atomic E-state index is -1.47. The highest BCUT2D eigenvalue weighted by Gasteiger charge is 2.38. The number of halogens is 2. The van der Waals surface area contributed by atoms with Crippen molar-refractivity contribution in [2.45, 2.75) is 83.0 Å². The molecular formula is C29H37F2N3O7. The molecule has 1 aromatic carbocycles. The molecule has 1 aliphatic heterocycles. The number of likely N-dealkylation sites (tertiary alicyclic amines) is 1. The zero-order valence-electron chi connectivity index (χ0n) is 23.5. The van der Waals surface area contributed by atoms with Crippen molar-refractivity contribution in [2.75, 3.05) is 13.7 Å². The van der Waals surface area contributed by atoms with Crippen LogP contribution >= 0.6 is 0 Å². The lowest BCUT2D eigenvalue weighted by atomic mass is 10.0. The van der Waals surface area contributed by atoms with E-state index in [1.165, 1.54) is 24.8 Å². The molecule has 1 saturated carbocycles. The van der Waals surface area contributed by atoms with Crippen molar-refractivity contribution in [3.8, 4) is 0 Å². The topological polar surface area (TPSA) is 131 Å². The highest BCUT2D eigenvalue weighted by molar-refractivity contribution is 5.94. The molecule has 0 aromatic heterocycles. The zero-order chi connectivity index (χ0) is 30.1. The summed E-state index contributed by atoms with van der Waals surface area (Å²) in [4.78, 5) is 64.8. The summed E-state index contributed by atoms with van der Waals surface area (Å²) in [6.45, 7) is 3.12. The number of hydrogen-bond donors (Lipinski definition) is 2. The lowest BCUT2D eigenvalue weighted by Crippen LogP contribution is -2.56. The van der Waals surface area contributed by atoms with Crippen LogP contribution in [0.5, 0.6) is 0 Å². The van der Waals surface area contributed by atoms with Crippen LogP contribution < -0.4 is 10.6 Å². The quantitative estimate of drug-likeness (QED) is 0.305. The van der Waals surface area contributed by atoms with Gasteiger partial charge in [-0.05, 0) is 62.3 Å². The molecule has 3 rings (SSSR count). The third kappa shape index (κ3) is 9.09. The van der Waals surface area contributed by atoms with E-state index in [0.29, 0.717) is 25.5 Å². The van der Waals surface area contributed by atoms with Crippen LogP contribution in [0.2, 0.25) is 0 Å². The predicted molar refractivity (Wildman–Crippen MR) is 143 cm³/mol. The van der Waals surface area contributed by atoms with Crippen LogP contribution in [-0.4, -0.2) is 72.4 Å². The normalized spacial score (nSPS) is 19.4. The number of benzene rings is 1. The number of nitrogens with zero attached hydrogens (tertiary/aromatic N) is 1. The monoisotopic (exact) mass is 577 g/mol. The number of carbonyl (C=O) groups is 5. The van der Waals surface area contributed by atoms with E-state index in [1.54, 1.807) is 6.08 Å². The maximum Gasteiger partial charge on any atom is 0.332 e. The Balaban J connectivity index is 1.76.